The third-order valence-electron chi connectivity index (χ3n) is 3.68. The number of rotatable bonds is 2. The van der Waals surface area contributed by atoms with Crippen LogP contribution in [0.4, 0.5) is 5.69 Å². The van der Waals surface area contributed by atoms with E-state index >= 15 is 0 Å². The van der Waals surface area contributed by atoms with Crippen LogP contribution in [0.3, 0.4) is 0 Å². The molecule has 1 aromatic carbocycles. The summed E-state index contributed by atoms with van der Waals surface area (Å²) in [5, 5.41) is 11.5. The molecule has 1 amide bonds. The Balaban J connectivity index is 1.77. The van der Waals surface area contributed by atoms with Gasteiger partial charge in [-0.05, 0) is 37.2 Å². The molecule has 2 atom stereocenters. The van der Waals surface area contributed by atoms with Crippen LogP contribution in [0.15, 0.2) is 34.2 Å². The summed E-state index contributed by atoms with van der Waals surface area (Å²) >= 11 is 1.30. The van der Waals surface area contributed by atoms with Crippen LogP contribution < -0.4 is 0 Å². The second-order valence-corrected chi connectivity index (χ2v) is 6.83. The minimum atomic E-state index is -0.454. The maximum Gasteiger partial charge on any atom is 0.286 e. The number of carbonyl (C=O) groups is 1. The van der Waals surface area contributed by atoms with Crippen molar-refractivity contribution in [2.45, 2.75) is 26.1 Å². The third-order valence-corrected chi connectivity index (χ3v) is 4.72. The van der Waals surface area contributed by atoms with Gasteiger partial charge in [0.1, 0.15) is 0 Å². The predicted molar refractivity (Wildman–Crippen MR) is 92.7 cm³/mol. The van der Waals surface area contributed by atoms with Gasteiger partial charge >= 0.3 is 0 Å². The smallest absolute Gasteiger partial charge is 0.286 e. The number of nitrogens with zero attached hydrogens (tertiary/aromatic N) is 3. The predicted octanol–water partition coefficient (Wildman–Crippen LogP) is 2.67. The van der Waals surface area contributed by atoms with Crippen LogP contribution in [-0.4, -0.2) is 46.2 Å². The van der Waals surface area contributed by atoms with Crippen LogP contribution in [0.2, 0.25) is 0 Å². The fourth-order valence-electron chi connectivity index (χ4n) is 2.75. The molecular formula is C16H17N3O4S. The lowest BCUT2D eigenvalue weighted by Gasteiger charge is -2.35. The molecule has 2 aliphatic heterocycles. The van der Waals surface area contributed by atoms with Gasteiger partial charge < -0.3 is 9.64 Å². The SMILES string of the molecule is C[C@H]1CN(C2=NC(=O)/C(=C\c3cccc([N+](=O)[O-])c3)S2)C[C@H](C)O1. The highest BCUT2D eigenvalue weighted by Gasteiger charge is 2.31. The van der Waals surface area contributed by atoms with Gasteiger partial charge in [-0.15, -0.1) is 0 Å². The number of nitro groups is 1. The van der Waals surface area contributed by atoms with Crippen molar-refractivity contribution in [1.82, 2.24) is 4.90 Å². The molecule has 0 saturated carbocycles. The van der Waals surface area contributed by atoms with Gasteiger partial charge in [0.25, 0.3) is 11.6 Å². The molecule has 0 bridgehead atoms. The Morgan fingerprint density at radius 2 is 2.08 bits per heavy atom. The number of thioether (sulfide) groups is 1. The Bertz CT molecular complexity index is 737. The molecule has 7 nitrogen and oxygen atoms in total. The van der Waals surface area contributed by atoms with E-state index in [0.29, 0.717) is 28.7 Å². The highest BCUT2D eigenvalue weighted by atomic mass is 32.2. The molecule has 8 heteroatoms. The van der Waals surface area contributed by atoms with E-state index in [-0.39, 0.29) is 23.8 Å². The molecule has 2 heterocycles. The van der Waals surface area contributed by atoms with E-state index < -0.39 is 4.92 Å². The zero-order valence-corrected chi connectivity index (χ0v) is 14.2. The normalized spacial score (nSPS) is 25.9. The first-order valence-corrected chi connectivity index (χ1v) is 8.41. The molecule has 24 heavy (non-hydrogen) atoms. The van der Waals surface area contributed by atoms with Gasteiger partial charge in [0, 0.05) is 25.2 Å². The lowest BCUT2D eigenvalue weighted by Crippen LogP contribution is -2.47. The van der Waals surface area contributed by atoms with E-state index in [1.807, 2.05) is 13.8 Å². The van der Waals surface area contributed by atoms with E-state index in [4.69, 9.17) is 4.74 Å². The first-order valence-electron chi connectivity index (χ1n) is 7.60. The van der Waals surface area contributed by atoms with Crippen molar-refractivity contribution in [3.8, 4) is 0 Å². The summed E-state index contributed by atoms with van der Waals surface area (Å²) in [7, 11) is 0. The lowest BCUT2D eigenvalue weighted by molar-refractivity contribution is -0.384. The summed E-state index contributed by atoms with van der Waals surface area (Å²) < 4.78 is 5.69. The molecule has 1 fully saturated rings. The Labute approximate surface area is 143 Å². The molecule has 126 valence electrons. The van der Waals surface area contributed by atoms with Gasteiger partial charge in [-0.3, -0.25) is 14.9 Å². The maximum absolute atomic E-state index is 12.1. The molecule has 0 unspecified atom stereocenters. The number of aliphatic imine (C=N–C) groups is 1. The van der Waals surface area contributed by atoms with Crippen molar-refractivity contribution < 1.29 is 14.5 Å². The van der Waals surface area contributed by atoms with Gasteiger partial charge in [0.05, 0.1) is 22.0 Å². The van der Waals surface area contributed by atoms with Crippen LogP contribution in [0.5, 0.6) is 0 Å². The number of nitro benzene ring substituents is 1. The van der Waals surface area contributed by atoms with Crippen LogP contribution in [0, 0.1) is 10.1 Å². The van der Waals surface area contributed by atoms with E-state index in [2.05, 4.69) is 9.89 Å². The van der Waals surface area contributed by atoms with Crippen LogP contribution in [0.1, 0.15) is 19.4 Å². The molecule has 2 aliphatic rings. The largest absolute Gasteiger partial charge is 0.372 e. The minimum Gasteiger partial charge on any atom is -0.372 e. The molecule has 0 radical (unpaired) electrons. The van der Waals surface area contributed by atoms with E-state index in [1.54, 1.807) is 18.2 Å². The summed E-state index contributed by atoms with van der Waals surface area (Å²) in [6.07, 6.45) is 1.80. The van der Waals surface area contributed by atoms with Crippen molar-refractivity contribution in [2.75, 3.05) is 13.1 Å². The molecule has 0 aromatic heterocycles. The number of ether oxygens (including phenoxy) is 1. The average molecular weight is 347 g/mol. The van der Waals surface area contributed by atoms with E-state index in [9.17, 15) is 14.9 Å². The second-order valence-electron chi connectivity index (χ2n) is 5.82. The molecule has 0 N–H and O–H groups in total. The lowest BCUT2D eigenvalue weighted by atomic mass is 10.2. The zero-order valence-electron chi connectivity index (χ0n) is 13.3. The van der Waals surface area contributed by atoms with Crippen LogP contribution in [0.25, 0.3) is 6.08 Å². The molecule has 3 rings (SSSR count). The standard InChI is InChI=1S/C16H17N3O4S/c1-10-8-18(9-11(2)23-10)16-17-15(20)14(24-16)7-12-4-3-5-13(6-12)19(21)22/h3-7,10-11H,8-9H2,1-2H3/b14-7+/t10-,11-/m0/s1. The first kappa shape index (κ1) is 16.7. The highest BCUT2D eigenvalue weighted by Crippen LogP contribution is 2.32. The Hall–Kier alpha value is -2.19. The Kier molecular flexibility index (Phi) is 4.68. The van der Waals surface area contributed by atoms with E-state index in [1.165, 1.54) is 23.9 Å². The number of non-ortho nitro benzene ring substituents is 1. The van der Waals surface area contributed by atoms with Crippen molar-refractivity contribution in [2.24, 2.45) is 4.99 Å². The summed E-state index contributed by atoms with van der Waals surface area (Å²) in [6.45, 7) is 5.36. The van der Waals surface area contributed by atoms with Crippen molar-refractivity contribution in [1.29, 1.82) is 0 Å². The number of hydrogen-bond donors (Lipinski definition) is 0. The average Bonchev–Trinajstić information content (AvgIpc) is 2.88. The molecule has 1 aromatic rings. The third kappa shape index (κ3) is 3.65. The van der Waals surface area contributed by atoms with Crippen molar-refractivity contribution >= 4 is 34.6 Å². The molecule has 0 spiro atoms. The minimum absolute atomic E-state index is 0.00299. The zero-order chi connectivity index (χ0) is 17.3. The summed E-state index contributed by atoms with van der Waals surface area (Å²) in [5.74, 6) is -0.312. The van der Waals surface area contributed by atoms with Crippen molar-refractivity contribution in [3.05, 3.63) is 44.8 Å². The van der Waals surface area contributed by atoms with Gasteiger partial charge in [0.2, 0.25) is 0 Å². The van der Waals surface area contributed by atoms with Crippen molar-refractivity contribution in [3.63, 3.8) is 0 Å². The number of amidine groups is 1. The van der Waals surface area contributed by atoms with Gasteiger partial charge in [-0.2, -0.15) is 4.99 Å². The first-order chi connectivity index (χ1) is 11.4. The van der Waals surface area contributed by atoms with E-state index in [0.717, 1.165) is 0 Å². The quantitative estimate of drug-likeness (QED) is 0.464. The number of benzene rings is 1. The Morgan fingerprint density at radius 1 is 1.38 bits per heavy atom. The van der Waals surface area contributed by atoms with Gasteiger partial charge in [0.15, 0.2) is 5.17 Å². The Morgan fingerprint density at radius 3 is 2.75 bits per heavy atom. The molecular weight excluding hydrogens is 330 g/mol. The van der Waals surface area contributed by atoms with Gasteiger partial charge in [-0.1, -0.05) is 12.1 Å². The fourth-order valence-corrected chi connectivity index (χ4v) is 3.68. The van der Waals surface area contributed by atoms with Crippen LogP contribution in [-0.2, 0) is 9.53 Å². The highest BCUT2D eigenvalue weighted by molar-refractivity contribution is 8.18. The van der Waals surface area contributed by atoms with Gasteiger partial charge in [-0.25, -0.2) is 0 Å². The van der Waals surface area contributed by atoms with Crippen LogP contribution >= 0.6 is 11.8 Å². The number of amides is 1. The maximum atomic E-state index is 12.1. The summed E-state index contributed by atoms with van der Waals surface area (Å²) in [4.78, 5) is 29.2. The summed E-state index contributed by atoms with van der Waals surface area (Å²) in [5.41, 5.74) is 0.608. The fraction of sp³-hybridized carbons (Fsp3) is 0.375. The number of carbonyl (C=O) groups excluding carboxylic acids is 1. The summed E-state index contributed by atoms with van der Waals surface area (Å²) in [6, 6.07) is 6.19. The number of morpholine rings is 1. The monoisotopic (exact) mass is 347 g/mol. The second kappa shape index (κ2) is 6.74. The number of hydrogen-bond acceptors (Lipinski definition) is 6. The molecule has 0 aliphatic carbocycles. The molecule has 1 saturated heterocycles. The topological polar surface area (TPSA) is 85.0 Å².